The first-order valence-electron chi connectivity index (χ1n) is 10.1. The van der Waals surface area contributed by atoms with E-state index in [1.165, 1.54) is 7.05 Å². The van der Waals surface area contributed by atoms with Crippen LogP contribution in [0.15, 0.2) is 36.4 Å². The molecule has 1 saturated heterocycles. The van der Waals surface area contributed by atoms with Gasteiger partial charge in [0.1, 0.15) is 6.29 Å². The first-order valence-corrected chi connectivity index (χ1v) is 10.5. The summed E-state index contributed by atoms with van der Waals surface area (Å²) in [5.74, 6) is 0. The normalized spacial score (nSPS) is 15.7. The lowest BCUT2D eigenvalue weighted by molar-refractivity contribution is -0.307. The zero-order chi connectivity index (χ0) is 23.9. The fraction of sp³-hybridized carbons (Fsp3) is 0.391. The largest absolute Gasteiger partial charge is 0.372 e. The Hall–Kier alpha value is -2.65. The second kappa shape index (κ2) is 8.37. The molecule has 0 aromatic heterocycles. The van der Waals surface area contributed by atoms with E-state index in [0.29, 0.717) is 29.4 Å². The number of anilines is 2. The van der Waals surface area contributed by atoms with Crippen LogP contribution in [0, 0.1) is 6.92 Å². The van der Waals surface area contributed by atoms with Crippen LogP contribution in [-0.4, -0.2) is 59.2 Å². The van der Waals surface area contributed by atoms with Gasteiger partial charge in [-0.1, -0.05) is 29.8 Å². The fourth-order valence-corrected chi connectivity index (χ4v) is 4.27. The van der Waals surface area contributed by atoms with E-state index < -0.39 is 17.1 Å². The molecule has 9 heteroatoms. The molecule has 0 saturated carbocycles. The summed E-state index contributed by atoms with van der Waals surface area (Å²) in [6, 6.07) is 10.7. The maximum atomic E-state index is 11.7. The monoisotopic (exact) mass is 461 g/mol. The van der Waals surface area contributed by atoms with Crippen LogP contribution < -0.4 is 10.2 Å². The SMILES string of the molecule is Cc1c(Cl)cccc1C1(Nc2ccc(C(C)(C)C=O)c(N(C)C(O)(O)O)c2)CN(C=O)C1. The molecule has 3 rings (SSSR count). The Morgan fingerprint density at radius 1 is 1.16 bits per heavy atom. The second-order valence-electron chi connectivity index (χ2n) is 8.86. The maximum Gasteiger partial charge on any atom is 0.369 e. The fourth-order valence-electron chi connectivity index (χ4n) is 4.10. The van der Waals surface area contributed by atoms with Crippen LogP contribution in [0.2, 0.25) is 5.02 Å². The molecule has 2 aromatic rings. The highest BCUT2D eigenvalue weighted by atomic mass is 35.5. The number of hydrogen-bond donors (Lipinski definition) is 4. The van der Waals surface area contributed by atoms with Gasteiger partial charge in [0.05, 0.1) is 5.54 Å². The Labute approximate surface area is 192 Å². The van der Waals surface area contributed by atoms with Gasteiger partial charge in [-0.2, -0.15) is 0 Å². The van der Waals surface area contributed by atoms with Crippen molar-refractivity contribution in [1.82, 2.24) is 4.90 Å². The van der Waals surface area contributed by atoms with Crippen LogP contribution in [0.25, 0.3) is 0 Å². The van der Waals surface area contributed by atoms with Gasteiger partial charge in [0.2, 0.25) is 6.41 Å². The molecular formula is C23H28ClN3O5. The Morgan fingerprint density at radius 2 is 1.81 bits per heavy atom. The predicted octanol–water partition coefficient (Wildman–Crippen LogP) is 1.93. The number of hydrogen-bond acceptors (Lipinski definition) is 7. The lowest BCUT2D eigenvalue weighted by Gasteiger charge is -2.50. The predicted molar refractivity (Wildman–Crippen MR) is 122 cm³/mol. The molecule has 1 aliphatic heterocycles. The molecule has 32 heavy (non-hydrogen) atoms. The molecule has 0 radical (unpaired) electrons. The molecule has 0 aliphatic carbocycles. The lowest BCUT2D eigenvalue weighted by atomic mass is 9.79. The summed E-state index contributed by atoms with van der Waals surface area (Å²) >= 11 is 6.34. The second-order valence-corrected chi connectivity index (χ2v) is 9.27. The van der Waals surface area contributed by atoms with Crippen molar-refractivity contribution in [1.29, 1.82) is 0 Å². The van der Waals surface area contributed by atoms with Gasteiger partial charge in [0.25, 0.3) is 0 Å². The standard InChI is InChI=1S/C23H28ClN3O5/c1-15-17(6-5-7-19(15)24)22(11-27(12-22)14-29)25-16-8-9-18(21(2,3)13-28)20(10-16)26(4)23(30,31)32/h5-10,13-14,25,30-32H,11-12H2,1-4H3. The van der Waals surface area contributed by atoms with Gasteiger partial charge in [0, 0.05) is 41.9 Å². The van der Waals surface area contributed by atoms with Gasteiger partial charge in [-0.05, 0) is 55.7 Å². The summed E-state index contributed by atoms with van der Waals surface area (Å²) < 4.78 is 0. The van der Waals surface area contributed by atoms with Crippen molar-refractivity contribution in [3.8, 4) is 0 Å². The van der Waals surface area contributed by atoms with Crippen LogP contribution in [-0.2, 0) is 20.5 Å². The molecule has 1 amide bonds. The smallest absolute Gasteiger partial charge is 0.369 e. The topological polar surface area (TPSA) is 113 Å². The number of aldehydes is 1. The lowest BCUT2D eigenvalue weighted by Crippen LogP contribution is -2.63. The maximum absolute atomic E-state index is 11.7. The number of amides is 1. The highest BCUT2D eigenvalue weighted by molar-refractivity contribution is 6.31. The number of benzene rings is 2. The van der Waals surface area contributed by atoms with E-state index in [2.05, 4.69) is 5.32 Å². The van der Waals surface area contributed by atoms with Crippen molar-refractivity contribution in [2.45, 2.75) is 37.8 Å². The van der Waals surface area contributed by atoms with Gasteiger partial charge in [-0.3, -0.25) is 9.69 Å². The van der Waals surface area contributed by atoms with E-state index >= 15 is 0 Å². The van der Waals surface area contributed by atoms with E-state index in [1.54, 1.807) is 43.0 Å². The minimum Gasteiger partial charge on any atom is -0.372 e. The van der Waals surface area contributed by atoms with E-state index in [1.807, 2.05) is 19.1 Å². The van der Waals surface area contributed by atoms with E-state index in [0.717, 1.165) is 28.7 Å². The minimum absolute atomic E-state index is 0.254. The molecule has 0 bridgehead atoms. The van der Waals surface area contributed by atoms with Gasteiger partial charge >= 0.3 is 6.10 Å². The Morgan fingerprint density at radius 3 is 2.38 bits per heavy atom. The van der Waals surface area contributed by atoms with Crippen molar-refractivity contribution >= 4 is 35.7 Å². The quantitative estimate of drug-likeness (QED) is 0.351. The number of carbonyl (C=O) groups excluding carboxylic acids is 2. The molecule has 2 aromatic carbocycles. The highest BCUT2D eigenvalue weighted by Gasteiger charge is 2.45. The number of nitrogens with one attached hydrogen (secondary N) is 1. The zero-order valence-corrected chi connectivity index (χ0v) is 19.2. The van der Waals surface area contributed by atoms with E-state index in [9.17, 15) is 24.9 Å². The third-order valence-electron chi connectivity index (χ3n) is 6.06. The third kappa shape index (κ3) is 4.31. The molecule has 0 atom stereocenters. The summed E-state index contributed by atoms with van der Waals surface area (Å²) in [5, 5.41) is 33.4. The summed E-state index contributed by atoms with van der Waals surface area (Å²) in [5.41, 5.74) is 1.63. The number of halogens is 1. The molecular weight excluding hydrogens is 434 g/mol. The number of aliphatic hydroxyl groups is 3. The molecule has 4 N–H and O–H groups in total. The minimum atomic E-state index is -3.13. The molecule has 8 nitrogen and oxygen atoms in total. The Kier molecular flexibility index (Phi) is 6.27. The van der Waals surface area contributed by atoms with Crippen LogP contribution >= 0.6 is 11.6 Å². The molecule has 1 heterocycles. The number of carbonyl (C=O) groups is 2. The van der Waals surface area contributed by atoms with Crippen LogP contribution in [0.4, 0.5) is 11.4 Å². The average molecular weight is 462 g/mol. The molecule has 1 fully saturated rings. The van der Waals surface area contributed by atoms with Crippen molar-refractivity contribution in [2.75, 3.05) is 30.4 Å². The van der Waals surface area contributed by atoms with Crippen LogP contribution in [0.1, 0.15) is 30.5 Å². The molecule has 0 spiro atoms. The van der Waals surface area contributed by atoms with Gasteiger partial charge in [-0.15, -0.1) is 0 Å². The number of rotatable bonds is 8. The van der Waals surface area contributed by atoms with Crippen LogP contribution in [0.5, 0.6) is 0 Å². The van der Waals surface area contributed by atoms with Crippen molar-refractivity contribution in [3.63, 3.8) is 0 Å². The van der Waals surface area contributed by atoms with Gasteiger partial charge in [-0.25, -0.2) is 0 Å². The first-order chi connectivity index (χ1) is 14.8. The first kappa shape index (κ1) is 24.0. The molecule has 0 unspecified atom stereocenters. The Balaban J connectivity index is 2.09. The number of likely N-dealkylation sites (tertiary alicyclic amines) is 1. The average Bonchev–Trinajstić information content (AvgIpc) is 2.71. The highest BCUT2D eigenvalue weighted by Crippen LogP contribution is 2.41. The van der Waals surface area contributed by atoms with Crippen LogP contribution in [0.3, 0.4) is 0 Å². The van der Waals surface area contributed by atoms with Crippen molar-refractivity contribution < 1.29 is 24.9 Å². The van der Waals surface area contributed by atoms with E-state index in [-0.39, 0.29) is 5.69 Å². The zero-order valence-electron chi connectivity index (χ0n) is 18.5. The summed E-state index contributed by atoms with van der Waals surface area (Å²) in [4.78, 5) is 25.5. The van der Waals surface area contributed by atoms with E-state index in [4.69, 9.17) is 11.6 Å². The summed E-state index contributed by atoms with van der Waals surface area (Å²) in [6.07, 6.45) is -1.59. The van der Waals surface area contributed by atoms with Gasteiger partial charge in [0.15, 0.2) is 0 Å². The Bertz CT molecular complexity index is 1030. The summed E-state index contributed by atoms with van der Waals surface area (Å²) in [6.45, 7) is 6.12. The number of nitrogens with zero attached hydrogens (tertiary/aromatic N) is 2. The molecule has 1 aliphatic rings. The third-order valence-corrected chi connectivity index (χ3v) is 6.47. The molecule has 172 valence electrons. The van der Waals surface area contributed by atoms with Crippen molar-refractivity contribution in [3.05, 3.63) is 58.1 Å². The summed E-state index contributed by atoms with van der Waals surface area (Å²) in [7, 11) is 1.30. The van der Waals surface area contributed by atoms with Crippen molar-refractivity contribution in [2.24, 2.45) is 0 Å². The van der Waals surface area contributed by atoms with Gasteiger partial charge < -0.3 is 30.3 Å².